The molecule has 0 unspecified atom stereocenters. The number of benzene rings is 2. The summed E-state index contributed by atoms with van der Waals surface area (Å²) in [5, 5.41) is 11.6. The van der Waals surface area contributed by atoms with Crippen LogP contribution in [0.1, 0.15) is 27.2 Å². The molecule has 0 radical (unpaired) electrons. The van der Waals surface area contributed by atoms with Crippen molar-refractivity contribution in [3.63, 3.8) is 0 Å². The van der Waals surface area contributed by atoms with E-state index in [2.05, 4.69) is 20.5 Å². The average molecular weight is 470 g/mol. The number of carbonyl (C=O) groups excluding carboxylic acids is 1. The van der Waals surface area contributed by atoms with Crippen molar-refractivity contribution < 1.29 is 4.79 Å². The van der Waals surface area contributed by atoms with Gasteiger partial charge in [-0.3, -0.25) is 24.2 Å². The first kappa shape index (κ1) is 21.6. The van der Waals surface area contributed by atoms with Gasteiger partial charge < -0.3 is 5.32 Å². The molecule has 168 valence electrons. The van der Waals surface area contributed by atoms with Crippen molar-refractivity contribution in [2.24, 2.45) is 0 Å². The monoisotopic (exact) mass is 469 g/mol. The molecule has 5 rings (SSSR count). The lowest BCUT2D eigenvalue weighted by atomic mass is 10.0. The number of carbonyl (C=O) groups is 1. The van der Waals surface area contributed by atoms with Gasteiger partial charge in [0.2, 0.25) is 0 Å². The molecule has 3 aromatic heterocycles. The first-order chi connectivity index (χ1) is 16.6. The number of rotatable bonds is 6. The molecule has 34 heavy (non-hydrogen) atoms. The van der Waals surface area contributed by atoms with Crippen LogP contribution in [0.25, 0.3) is 16.6 Å². The van der Waals surface area contributed by atoms with Gasteiger partial charge in [-0.05, 0) is 60.0 Å². The molecule has 2 N–H and O–H groups in total. The normalized spacial score (nSPS) is 11.0. The number of aromatic amines is 1. The van der Waals surface area contributed by atoms with Gasteiger partial charge in [0.25, 0.3) is 11.5 Å². The molecular weight excluding hydrogens is 450 g/mol. The van der Waals surface area contributed by atoms with E-state index in [0.29, 0.717) is 22.7 Å². The molecule has 0 fully saturated rings. The van der Waals surface area contributed by atoms with Gasteiger partial charge >= 0.3 is 0 Å². The van der Waals surface area contributed by atoms with E-state index in [1.165, 1.54) is 6.07 Å². The summed E-state index contributed by atoms with van der Waals surface area (Å²) in [4.78, 5) is 29.0. The van der Waals surface area contributed by atoms with Gasteiger partial charge in [-0.25, -0.2) is 0 Å². The zero-order valence-electron chi connectivity index (χ0n) is 18.0. The number of halogens is 1. The van der Waals surface area contributed by atoms with Crippen LogP contribution in [0.2, 0.25) is 5.02 Å². The number of hydrogen-bond acceptors (Lipinski definition) is 4. The van der Waals surface area contributed by atoms with Crippen LogP contribution in [0.4, 0.5) is 0 Å². The highest BCUT2D eigenvalue weighted by molar-refractivity contribution is 6.31. The Morgan fingerprint density at radius 1 is 1.00 bits per heavy atom. The molecular formula is C26H20ClN5O2. The summed E-state index contributed by atoms with van der Waals surface area (Å²) in [7, 11) is 0. The molecule has 3 heterocycles. The zero-order valence-corrected chi connectivity index (χ0v) is 18.8. The van der Waals surface area contributed by atoms with E-state index >= 15 is 0 Å². The number of amides is 1. The summed E-state index contributed by atoms with van der Waals surface area (Å²) < 4.78 is 1.59. The predicted molar refractivity (Wildman–Crippen MR) is 131 cm³/mol. The van der Waals surface area contributed by atoms with Crippen LogP contribution in [0.15, 0.2) is 90.1 Å². The van der Waals surface area contributed by atoms with E-state index in [1.54, 1.807) is 35.3 Å². The van der Waals surface area contributed by atoms with E-state index < -0.39 is 0 Å². The second kappa shape index (κ2) is 9.33. The molecule has 0 spiro atoms. The SMILES string of the molecule is O=C(NCc1n[nH]c2ccc(Cl)cc12)c1cncc(Cc2ccc(-n3ccccc3=O)cc2)c1. The summed E-state index contributed by atoms with van der Waals surface area (Å²) >= 11 is 6.08. The summed E-state index contributed by atoms with van der Waals surface area (Å²) in [6.45, 7) is 0.268. The topological polar surface area (TPSA) is 92.7 Å². The number of nitrogens with zero attached hydrogens (tertiary/aromatic N) is 3. The lowest BCUT2D eigenvalue weighted by molar-refractivity contribution is 0.0950. The minimum absolute atomic E-state index is 0.0795. The summed E-state index contributed by atoms with van der Waals surface area (Å²) in [5.74, 6) is -0.230. The maximum absolute atomic E-state index is 12.7. The van der Waals surface area contributed by atoms with Gasteiger partial charge in [-0.2, -0.15) is 5.10 Å². The first-order valence-electron chi connectivity index (χ1n) is 10.7. The minimum Gasteiger partial charge on any atom is -0.346 e. The van der Waals surface area contributed by atoms with Gasteiger partial charge in [0.1, 0.15) is 0 Å². The minimum atomic E-state index is -0.230. The largest absolute Gasteiger partial charge is 0.346 e. The molecule has 0 atom stereocenters. The Labute approximate surface area is 200 Å². The maximum atomic E-state index is 12.7. The smallest absolute Gasteiger partial charge is 0.255 e. The quantitative estimate of drug-likeness (QED) is 0.388. The molecule has 5 aromatic rings. The van der Waals surface area contributed by atoms with E-state index in [9.17, 15) is 9.59 Å². The van der Waals surface area contributed by atoms with E-state index in [-0.39, 0.29) is 18.0 Å². The summed E-state index contributed by atoms with van der Waals surface area (Å²) in [6.07, 6.45) is 5.64. The average Bonchev–Trinajstić information content (AvgIpc) is 3.25. The van der Waals surface area contributed by atoms with Gasteiger partial charge in [0, 0.05) is 40.8 Å². The van der Waals surface area contributed by atoms with E-state index in [4.69, 9.17) is 11.6 Å². The van der Waals surface area contributed by atoms with Gasteiger partial charge in [0.05, 0.1) is 23.3 Å². The Morgan fingerprint density at radius 2 is 1.85 bits per heavy atom. The van der Waals surface area contributed by atoms with E-state index in [1.807, 2.05) is 48.5 Å². The molecule has 8 heteroatoms. The Morgan fingerprint density at radius 3 is 2.68 bits per heavy atom. The Kier molecular flexibility index (Phi) is 5.93. The number of fused-ring (bicyclic) bond motifs is 1. The highest BCUT2D eigenvalue weighted by Gasteiger charge is 2.11. The van der Waals surface area contributed by atoms with E-state index in [0.717, 1.165) is 27.7 Å². The van der Waals surface area contributed by atoms with Crippen molar-refractivity contribution in [2.75, 3.05) is 0 Å². The number of H-pyrrole nitrogens is 1. The lowest BCUT2D eigenvalue weighted by Gasteiger charge is -2.08. The second-order valence-corrected chi connectivity index (χ2v) is 8.31. The van der Waals surface area contributed by atoms with Crippen molar-refractivity contribution in [1.82, 2.24) is 25.1 Å². The Hall–Kier alpha value is -4.23. The highest BCUT2D eigenvalue weighted by Crippen LogP contribution is 2.20. The van der Waals surface area contributed by atoms with Crippen LogP contribution >= 0.6 is 11.6 Å². The third kappa shape index (κ3) is 4.60. The van der Waals surface area contributed by atoms with Crippen molar-refractivity contribution >= 4 is 28.4 Å². The molecule has 0 aliphatic heterocycles. The van der Waals surface area contributed by atoms with Crippen molar-refractivity contribution in [3.8, 4) is 5.69 Å². The number of pyridine rings is 2. The van der Waals surface area contributed by atoms with Crippen molar-refractivity contribution in [2.45, 2.75) is 13.0 Å². The molecule has 0 aliphatic rings. The standard InChI is InChI=1S/C26H20ClN5O2/c27-20-6-9-23-22(13-20)24(31-30-23)16-29-26(34)19-12-18(14-28-15-19)11-17-4-7-21(8-5-17)32-10-2-1-3-25(32)33/h1-10,12-15H,11,16H2,(H,29,34)(H,30,31). The first-order valence-corrected chi connectivity index (χ1v) is 11.1. The van der Waals surface area contributed by atoms with Crippen molar-refractivity contribution in [3.05, 3.63) is 123 Å². The van der Waals surface area contributed by atoms with Crippen LogP contribution in [0.5, 0.6) is 0 Å². The molecule has 0 bridgehead atoms. The van der Waals surface area contributed by atoms with Gasteiger partial charge in [-0.1, -0.05) is 29.8 Å². The van der Waals surface area contributed by atoms with Gasteiger partial charge in [0.15, 0.2) is 0 Å². The number of hydrogen-bond donors (Lipinski definition) is 2. The van der Waals surface area contributed by atoms with Crippen LogP contribution in [-0.4, -0.2) is 25.7 Å². The number of nitrogens with one attached hydrogen (secondary N) is 2. The third-order valence-corrected chi connectivity index (χ3v) is 5.76. The predicted octanol–water partition coefficient (Wildman–Crippen LogP) is 4.28. The zero-order chi connectivity index (χ0) is 23.5. The molecule has 0 saturated carbocycles. The van der Waals surface area contributed by atoms with Crippen LogP contribution in [0.3, 0.4) is 0 Å². The summed E-state index contributed by atoms with van der Waals surface area (Å²) in [6, 6.07) is 20.1. The Balaban J connectivity index is 1.27. The van der Waals surface area contributed by atoms with Gasteiger partial charge in [-0.15, -0.1) is 0 Å². The maximum Gasteiger partial charge on any atom is 0.255 e. The molecule has 1 amide bonds. The second-order valence-electron chi connectivity index (χ2n) is 7.88. The summed E-state index contributed by atoms with van der Waals surface area (Å²) in [5.41, 5.74) is 4.73. The van der Waals surface area contributed by atoms with Crippen LogP contribution in [0, 0.1) is 0 Å². The fourth-order valence-electron chi connectivity index (χ4n) is 3.80. The molecule has 2 aromatic carbocycles. The van der Waals surface area contributed by atoms with Crippen LogP contribution in [-0.2, 0) is 13.0 Å². The molecule has 0 saturated heterocycles. The fourth-order valence-corrected chi connectivity index (χ4v) is 3.97. The molecule has 7 nitrogen and oxygen atoms in total. The molecule has 0 aliphatic carbocycles. The van der Waals surface area contributed by atoms with Crippen molar-refractivity contribution in [1.29, 1.82) is 0 Å². The third-order valence-electron chi connectivity index (χ3n) is 5.52. The fraction of sp³-hybridized carbons (Fsp3) is 0.0769. The lowest BCUT2D eigenvalue weighted by Crippen LogP contribution is -2.23. The number of aromatic nitrogens is 4. The highest BCUT2D eigenvalue weighted by atomic mass is 35.5. The van der Waals surface area contributed by atoms with Crippen LogP contribution < -0.4 is 10.9 Å². The Bertz CT molecular complexity index is 1540.